The molecule has 3 unspecified atom stereocenters. The minimum atomic E-state index is -0.164. The van der Waals surface area contributed by atoms with E-state index >= 15 is 0 Å². The Bertz CT molecular complexity index is 418. The van der Waals surface area contributed by atoms with E-state index in [0.29, 0.717) is 5.92 Å². The molecule has 2 rings (SSSR count). The van der Waals surface area contributed by atoms with Crippen molar-refractivity contribution < 1.29 is 4.74 Å². The molecule has 0 amide bonds. The van der Waals surface area contributed by atoms with Crippen LogP contribution in [0.1, 0.15) is 50.8 Å². The van der Waals surface area contributed by atoms with E-state index in [4.69, 9.17) is 10.5 Å². The molecule has 3 atom stereocenters. The Morgan fingerprint density at radius 3 is 2.85 bits per heavy atom. The number of aromatic nitrogens is 1. The van der Waals surface area contributed by atoms with Gasteiger partial charge in [-0.1, -0.05) is 32.8 Å². The highest BCUT2D eigenvalue weighted by Crippen LogP contribution is 2.37. The molecule has 1 heterocycles. The summed E-state index contributed by atoms with van der Waals surface area (Å²) < 4.78 is 5.88. The molecule has 0 spiro atoms. The molecular weight excluding hydrogens is 248 g/mol. The predicted octanol–water partition coefficient (Wildman–Crippen LogP) is 3.11. The Hall–Kier alpha value is -0.930. The lowest BCUT2D eigenvalue weighted by Crippen LogP contribution is -2.53. The molecule has 0 radical (unpaired) electrons. The van der Waals surface area contributed by atoms with Gasteiger partial charge in [0.2, 0.25) is 0 Å². The Balaban J connectivity index is 2.06. The van der Waals surface area contributed by atoms with Crippen molar-refractivity contribution in [3.05, 3.63) is 29.6 Å². The first kappa shape index (κ1) is 15.5. The number of rotatable bonds is 5. The summed E-state index contributed by atoms with van der Waals surface area (Å²) in [6.45, 7) is 4.44. The van der Waals surface area contributed by atoms with Crippen molar-refractivity contribution in [3.63, 3.8) is 0 Å². The van der Waals surface area contributed by atoms with Gasteiger partial charge in [-0.15, -0.1) is 0 Å². The molecule has 112 valence electrons. The molecule has 2 N–H and O–H groups in total. The first-order valence-corrected chi connectivity index (χ1v) is 7.84. The molecule has 0 saturated heterocycles. The second-order valence-electron chi connectivity index (χ2n) is 6.29. The van der Waals surface area contributed by atoms with E-state index in [2.05, 4.69) is 31.0 Å². The lowest BCUT2D eigenvalue weighted by molar-refractivity contribution is -0.0706. The van der Waals surface area contributed by atoms with E-state index < -0.39 is 0 Å². The number of hydrogen-bond acceptors (Lipinski definition) is 3. The monoisotopic (exact) mass is 276 g/mol. The van der Waals surface area contributed by atoms with Gasteiger partial charge in [-0.25, -0.2) is 0 Å². The van der Waals surface area contributed by atoms with Gasteiger partial charge in [0, 0.05) is 31.5 Å². The van der Waals surface area contributed by atoms with Crippen LogP contribution in [0.4, 0.5) is 0 Å². The molecule has 0 bridgehead atoms. The van der Waals surface area contributed by atoms with Crippen molar-refractivity contribution >= 4 is 0 Å². The van der Waals surface area contributed by atoms with E-state index in [1.54, 1.807) is 0 Å². The fourth-order valence-corrected chi connectivity index (χ4v) is 3.41. The van der Waals surface area contributed by atoms with Gasteiger partial charge in [0.1, 0.15) is 0 Å². The third-order valence-electron chi connectivity index (χ3n) is 4.80. The predicted molar refractivity (Wildman–Crippen MR) is 82.7 cm³/mol. The summed E-state index contributed by atoms with van der Waals surface area (Å²) in [4.78, 5) is 4.53. The molecule has 1 aromatic heterocycles. The number of ether oxygens (including phenoxy) is 1. The molecule has 0 aromatic carbocycles. The molecule has 3 heteroatoms. The zero-order valence-corrected chi connectivity index (χ0v) is 13.1. The summed E-state index contributed by atoms with van der Waals surface area (Å²) in [5.74, 6) is 0.699. The standard InChI is InChI=1S/C17H28N2O/c1-4-14-7-8-15(19-12-14)10-16(18)17(20-3)9-5-6-13(2)11-17/h7-8,12-13,16H,4-6,9-11,18H2,1-3H3. The Morgan fingerprint density at radius 2 is 2.30 bits per heavy atom. The first-order chi connectivity index (χ1) is 9.59. The normalized spacial score (nSPS) is 28.3. The fourth-order valence-electron chi connectivity index (χ4n) is 3.41. The number of aryl methyl sites for hydroxylation is 1. The van der Waals surface area contributed by atoms with Crippen LogP contribution < -0.4 is 5.73 Å². The van der Waals surface area contributed by atoms with Crippen LogP contribution in [-0.2, 0) is 17.6 Å². The van der Waals surface area contributed by atoms with Crippen molar-refractivity contribution in [2.45, 2.75) is 64.0 Å². The summed E-state index contributed by atoms with van der Waals surface area (Å²) in [6.07, 6.45) is 8.43. The minimum absolute atomic E-state index is 0.0234. The maximum Gasteiger partial charge on any atom is 0.0835 e. The van der Waals surface area contributed by atoms with Crippen LogP contribution in [0.25, 0.3) is 0 Å². The summed E-state index contributed by atoms with van der Waals surface area (Å²) in [5, 5.41) is 0. The fraction of sp³-hybridized carbons (Fsp3) is 0.706. The van der Waals surface area contributed by atoms with Gasteiger partial charge in [-0.2, -0.15) is 0 Å². The average Bonchev–Trinajstić information content (AvgIpc) is 2.47. The van der Waals surface area contributed by atoms with Crippen LogP contribution >= 0.6 is 0 Å². The van der Waals surface area contributed by atoms with Gasteiger partial charge in [-0.3, -0.25) is 4.98 Å². The van der Waals surface area contributed by atoms with E-state index in [-0.39, 0.29) is 11.6 Å². The number of hydrogen-bond donors (Lipinski definition) is 1. The highest BCUT2D eigenvalue weighted by molar-refractivity contribution is 5.15. The van der Waals surface area contributed by atoms with Crippen molar-refractivity contribution in [1.29, 1.82) is 0 Å². The molecule has 1 saturated carbocycles. The first-order valence-electron chi connectivity index (χ1n) is 7.84. The van der Waals surface area contributed by atoms with Gasteiger partial charge in [0.15, 0.2) is 0 Å². The Kier molecular flexibility index (Phi) is 5.17. The smallest absolute Gasteiger partial charge is 0.0835 e. The highest BCUT2D eigenvalue weighted by Gasteiger charge is 2.40. The number of methoxy groups -OCH3 is 1. The van der Waals surface area contributed by atoms with Crippen LogP contribution in [0, 0.1) is 5.92 Å². The number of nitrogens with zero attached hydrogens (tertiary/aromatic N) is 1. The van der Waals surface area contributed by atoms with Crippen molar-refractivity contribution in [2.24, 2.45) is 11.7 Å². The largest absolute Gasteiger partial charge is 0.377 e. The van der Waals surface area contributed by atoms with Crippen molar-refractivity contribution in [3.8, 4) is 0 Å². The topological polar surface area (TPSA) is 48.1 Å². The summed E-state index contributed by atoms with van der Waals surface area (Å²) in [6, 6.07) is 4.28. The number of pyridine rings is 1. The van der Waals surface area contributed by atoms with E-state index in [1.807, 2.05) is 13.3 Å². The molecule has 1 fully saturated rings. The van der Waals surface area contributed by atoms with E-state index in [1.165, 1.54) is 18.4 Å². The van der Waals surface area contributed by atoms with Gasteiger partial charge in [0.25, 0.3) is 0 Å². The third-order valence-corrected chi connectivity index (χ3v) is 4.80. The molecule has 1 aliphatic rings. The lowest BCUT2D eigenvalue weighted by Gasteiger charge is -2.43. The SMILES string of the molecule is CCc1ccc(CC(N)C2(OC)CCCC(C)C2)nc1. The Labute approximate surface area is 122 Å². The quantitative estimate of drug-likeness (QED) is 0.899. The molecule has 0 aliphatic heterocycles. The molecular formula is C17H28N2O. The third kappa shape index (κ3) is 3.39. The molecule has 1 aliphatic carbocycles. The van der Waals surface area contributed by atoms with Crippen molar-refractivity contribution in [1.82, 2.24) is 4.98 Å². The average molecular weight is 276 g/mol. The van der Waals surface area contributed by atoms with Crippen LogP contribution in [0.5, 0.6) is 0 Å². The van der Waals surface area contributed by atoms with Crippen LogP contribution in [0.2, 0.25) is 0 Å². The zero-order chi connectivity index (χ0) is 14.6. The minimum Gasteiger partial charge on any atom is -0.377 e. The summed E-state index contributed by atoms with van der Waals surface area (Å²) >= 11 is 0. The molecule has 20 heavy (non-hydrogen) atoms. The molecule has 1 aromatic rings. The van der Waals surface area contributed by atoms with Gasteiger partial charge < -0.3 is 10.5 Å². The van der Waals surface area contributed by atoms with Crippen LogP contribution in [0.15, 0.2) is 18.3 Å². The number of nitrogens with two attached hydrogens (primary N) is 1. The van der Waals surface area contributed by atoms with E-state index in [9.17, 15) is 0 Å². The summed E-state index contributed by atoms with van der Waals surface area (Å²) in [5.41, 5.74) is 8.68. The molecule has 3 nitrogen and oxygen atoms in total. The van der Waals surface area contributed by atoms with E-state index in [0.717, 1.165) is 31.4 Å². The second kappa shape index (κ2) is 6.68. The highest BCUT2D eigenvalue weighted by atomic mass is 16.5. The zero-order valence-electron chi connectivity index (χ0n) is 13.1. The lowest BCUT2D eigenvalue weighted by atomic mass is 9.73. The van der Waals surface area contributed by atoms with Crippen LogP contribution in [0.3, 0.4) is 0 Å². The van der Waals surface area contributed by atoms with Gasteiger partial charge in [0.05, 0.1) is 5.60 Å². The maximum absolute atomic E-state index is 6.49. The Morgan fingerprint density at radius 1 is 1.50 bits per heavy atom. The second-order valence-corrected chi connectivity index (χ2v) is 6.29. The maximum atomic E-state index is 6.49. The van der Waals surface area contributed by atoms with Gasteiger partial charge in [-0.05, 0) is 36.8 Å². The summed E-state index contributed by atoms with van der Waals surface area (Å²) in [7, 11) is 1.81. The van der Waals surface area contributed by atoms with Crippen LogP contribution in [-0.4, -0.2) is 23.7 Å². The van der Waals surface area contributed by atoms with Crippen molar-refractivity contribution in [2.75, 3.05) is 7.11 Å². The van der Waals surface area contributed by atoms with Gasteiger partial charge >= 0.3 is 0 Å².